The van der Waals surface area contributed by atoms with Crippen LogP contribution in [0.1, 0.15) is 19.3 Å². The Morgan fingerprint density at radius 2 is 2.00 bits per heavy atom. The number of fused-ring (bicyclic) bond motifs is 1. The van der Waals surface area contributed by atoms with Gasteiger partial charge < -0.3 is 15.0 Å². The van der Waals surface area contributed by atoms with Crippen molar-refractivity contribution in [3.05, 3.63) is 0 Å². The molecule has 2 N–H and O–H groups in total. The highest BCUT2D eigenvalue weighted by atomic mass is 32.2. The van der Waals surface area contributed by atoms with Crippen LogP contribution in [0.2, 0.25) is 0 Å². The van der Waals surface area contributed by atoms with E-state index in [2.05, 4.69) is 10.1 Å². The van der Waals surface area contributed by atoms with E-state index in [4.69, 9.17) is 0 Å². The number of hydrogen-bond acceptors (Lipinski definition) is 7. The molecule has 13 heteroatoms. The molecular weight excluding hydrogens is 383 g/mol. The summed E-state index contributed by atoms with van der Waals surface area (Å²) in [5.41, 5.74) is -5.47. The average molecular weight is 401 g/mol. The van der Waals surface area contributed by atoms with Crippen LogP contribution >= 0.6 is 0 Å². The van der Waals surface area contributed by atoms with Crippen LogP contribution in [0.15, 0.2) is 0 Å². The standard InChI is InChI=1S/C13H18F3N3O6S/c1-25-12(22)9-4-2-3-8-10(20)17-5-7(11(21)19(8)9)18-6-26(23,24)13(14,15)16/h7-9,18H,2-6H2,1H3,(H,17,20)/t7-,8+,9-/m0/s1. The normalized spacial score (nSPS) is 27.4. The summed E-state index contributed by atoms with van der Waals surface area (Å²) in [4.78, 5) is 37.8. The molecule has 0 aromatic rings. The molecule has 2 fully saturated rings. The monoisotopic (exact) mass is 401 g/mol. The summed E-state index contributed by atoms with van der Waals surface area (Å²) >= 11 is 0. The second kappa shape index (κ2) is 7.39. The number of carbonyl (C=O) groups excluding carboxylic acids is 3. The predicted molar refractivity (Wildman–Crippen MR) is 80.1 cm³/mol. The van der Waals surface area contributed by atoms with Crippen molar-refractivity contribution in [1.29, 1.82) is 0 Å². The fourth-order valence-corrected chi connectivity index (χ4v) is 3.56. The van der Waals surface area contributed by atoms with Crippen LogP contribution in [0.5, 0.6) is 0 Å². The molecule has 3 atom stereocenters. The summed E-state index contributed by atoms with van der Waals surface area (Å²) in [6, 6.07) is -3.45. The SMILES string of the molecule is COC(=O)[C@@H]1CCC[C@@H]2C(=O)NC[C@H](NCS(=O)(=O)C(F)(F)F)C(=O)N21. The van der Waals surface area contributed by atoms with Crippen molar-refractivity contribution in [2.45, 2.75) is 42.9 Å². The van der Waals surface area contributed by atoms with Crippen LogP contribution in [-0.2, 0) is 29.0 Å². The smallest absolute Gasteiger partial charge is 0.467 e. The van der Waals surface area contributed by atoms with Gasteiger partial charge in [0, 0.05) is 6.54 Å². The minimum absolute atomic E-state index is 0.232. The Balaban J connectivity index is 2.24. The van der Waals surface area contributed by atoms with Crippen LogP contribution < -0.4 is 10.6 Å². The van der Waals surface area contributed by atoms with E-state index in [-0.39, 0.29) is 12.8 Å². The van der Waals surface area contributed by atoms with Crippen molar-refractivity contribution in [2.24, 2.45) is 0 Å². The number of esters is 1. The largest absolute Gasteiger partial charge is 0.498 e. The number of hydrogen-bond donors (Lipinski definition) is 2. The van der Waals surface area contributed by atoms with Gasteiger partial charge in [0.25, 0.3) is 9.84 Å². The Morgan fingerprint density at radius 1 is 1.35 bits per heavy atom. The highest BCUT2D eigenvalue weighted by Crippen LogP contribution is 2.27. The van der Waals surface area contributed by atoms with E-state index < -0.39 is 63.7 Å². The van der Waals surface area contributed by atoms with Gasteiger partial charge >= 0.3 is 11.5 Å². The summed E-state index contributed by atoms with van der Waals surface area (Å²) in [6.45, 7) is -0.397. The third-order valence-corrected chi connectivity index (χ3v) is 5.56. The van der Waals surface area contributed by atoms with E-state index in [1.54, 1.807) is 0 Å². The second-order valence-electron chi connectivity index (χ2n) is 5.94. The maximum Gasteiger partial charge on any atom is 0.498 e. The van der Waals surface area contributed by atoms with E-state index in [1.807, 2.05) is 5.32 Å². The molecule has 2 amide bonds. The number of alkyl halides is 3. The van der Waals surface area contributed by atoms with Gasteiger partial charge in [-0.05, 0) is 19.3 Å². The molecule has 0 bridgehead atoms. The van der Waals surface area contributed by atoms with Gasteiger partial charge in [-0.2, -0.15) is 13.2 Å². The number of ether oxygens (including phenoxy) is 1. The topological polar surface area (TPSA) is 122 Å². The minimum atomic E-state index is -5.50. The van der Waals surface area contributed by atoms with Gasteiger partial charge in [-0.3, -0.25) is 14.9 Å². The van der Waals surface area contributed by atoms with E-state index in [1.165, 1.54) is 0 Å². The lowest BCUT2D eigenvalue weighted by Gasteiger charge is -2.39. The summed E-state index contributed by atoms with van der Waals surface area (Å²) in [6.07, 6.45) is 0.983. The van der Waals surface area contributed by atoms with Crippen LogP contribution in [0.3, 0.4) is 0 Å². The van der Waals surface area contributed by atoms with Crippen molar-refractivity contribution < 1.29 is 40.7 Å². The number of nitrogens with zero attached hydrogens (tertiary/aromatic N) is 1. The first kappa shape index (κ1) is 20.4. The zero-order chi connectivity index (χ0) is 19.7. The van der Waals surface area contributed by atoms with Crippen LogP contribution in [0.4, 0.5) is 13.2 Å². The van der Waals surface area contributed by atoms with Gasteiger partial charge in [-0.25, -0.2) is 13.2 Å². The molecule has 2 rings (SSSR count). The van der Waals surface area contributed by atoms with E-state index in [0.29, 0.717) is 6.42 Å². The highest BCUT2D eigenvalue weighted by Gasteiger charge is 2.48. The molecule has 0 aromatic heterocycles. The van der Waals surface area contributed by atoms with E-state index in [9.17, 15) is 36.0 Å². The van der Waals surface area contributed by atoms with Crippen LogP contribution in [0, 0.1) is 0 Å². The molecule has 2 saturated heterocycles. The zero-order valence-corrected chi connectivity index (χ0v) is 14.5. The van der Waals surface area contributed by atoms with Crippen molar-refractivity contribution in [1.82, 2.24) is 15.5 Å². The fraction of sp³-hybridized carbons (Fsp3) is 0.769. The van der Waals surface area contributed by atoms with Gasteiger partial charge in [0.05, 0.1) is 7.11 Å². The van der Waals surface area contributed by atoms with Crippen molar-refractivity contribution >= 4 is 27.6 Å². The molecular formula is C13H18F3N3O6S. The molecule has 148 valence electrons. The maximum atomic E-state index is 12.7. The summed E-state index contributed by atoms with van der Waals surface area (Å²) in [5, 5.41) is 4.41. The Hall–Kier alpha value is -1.89. The third-order valence-electron chi connectivity index (χ3n) is 4.31. The molecule has 9 nitrogen and oxygen atoms in total. The Morgan fingerprint density at radius 3 is 2.58 bits per heavy atom. The lowest BCUT2D eigenvalue weighted by molar-refractivity contribution is -0.159. The van der Waals surface area contributed by atoms with Crippen LogP contribution in [-0.4, -0.2) is 74.3 Å². The molecule has 26 heavy (non-hydrogen) atoms. The number of halogens is 3. The lowest BCUT2D eigenvalue weighted by Crippen LogP contribution is -2.59. The Bertz CT molecular complexity index is 696. The fourth-order valence-electron chi connectivity index (χ4n) is 2.97. The van der Waals surface area contributed by atoms with Crippen molar-refractivity contribution in [2.75, 3.05) is 19.5 Å². The van der Waals surface area contributed by atoms with Gasteiger partial charge in [-0.1, -0.05) is 0 Å². The van der Waals surface area contributed by atoms with Gasteiger partial charge in [0.1, 0.15) is 24.0 Å². The van der Waals surface area contributed by atoms with Gasteiger partial charge in [0.2, 0.25) is 11.8 Å². The minimum Gasteiger partial charge on any atom is -0.467 e. The maximum absolute atomic E-state index is 12.7. The molecule has 0 spiro atoms. The predicted octanol–water partition coefficient (Wildman–Crippen LogP) is -1.11. The van der Waals surface area contributed by atoms with Gasteiger partial charge in [-0.15, -0.1) is 0 Å². The molecule has 2 heterocycles. The lowest BCUT2D eigenvalue weighted by atomic mass is 9.94. The first-order valence-electron chi connectivity index (χ1n) is 7.69. The number of sulfone groups is 1. The first-order chi connectivity index (χ1) is 12.0. The third kappa shape index (κ3) is 3.92. The summed E-state index contributed by atoms with van der Waals surface area (Å²) in [7, 11) is -4.38. The highest BCUT2D eigenvalue weighted by molar-refractivity contribution is 7.92. The molecule has 0 aliphatic carbocycles. The summed E-state index contributed by atoms with van der Waals surface area (Å²) < 4.78 is 64.4. The Labute approximate surface area is 147 Å². The van der Waals surface area contributed by atoms with E-state index in [0.717, 1.165) is 12.0 Å². The zero-order valence-electron chi connectivity index (χ0n) is 13.7. The number of carbonyl (C=O) groups is 3. The number of rotatable bonds is 4. The van der Waals surface area contributed by atoms with Crippen LogP contribution in [0.25, 0.3) is 0 Å². The summed E-state index contributed by atoms with van der Waals surface area (Å²) in [5.74, 6) is -3.67. The molecule has 0 radical (unpaired) electrons. The molecule has 0 saturated carbocycles. The first-order valence-corrected chi connectivity index (χ1v) is 9.35. The van der Waals surface area contributed by atoms with Crippen molar-refractivity contribution in [3.8, 4) is 0 Å². The number of amides is 2. The van der Waals surface area contributed by atoms with E-state index >= 15 is 0 Å². The number of piperidine rings is 1. The molecule has 0 unspecified atom stereocenters. The molecule has 0 aromatic carbocycles. The molecule has 2 aliphatic rings. The van der Waals surface area contributed by atoms with Gasteiger partial charge in [0.15, 0.2) is 0 Å². The number of nitrogens with one attached hydrogen (secondary N) is 2. The Kier molecular flexibility index (Phi) is 5.80. The average Bonchev–Trinajstić information content (AvgIpc) is 2.69. The number of methoxy groups -OCH3 is 1. The van der Waals surface area contributed by atoms with Crippen molar-refractivity contribution in [3.63, 3.8) is 0 Å². The second-order valence-corrected chi connectivity index (χ2v) is 7.92. The molecule has 2 aliphatic heterocycles. The quantitative estimate of drug-likeness (QED) is 0.573.